The molecule has 0 radical (unpaired) electrons. The lowest BCUT2D eigenvalue weighted by molar-refractivity contribution is 0.0565. The molecule has 0 atom stereocenters. The van der Waals surface area contributed by atoms with E-state index in [1.165, 1.54) is 25.3 Å². The van der Waals surface area contributed by atoms with Crippen molar-refractivity contribution >= 4 is 40.1 Å². The van der Waals surface area contributed by atoms with Crippen LogP contribution in [-0.4, -0.2) is 19.0 Å². The molecule has 1 heterocycles. The Hall–Kier alpha value is -3.12. The maximum atomic E-state index is 12.2. The second-order valence-electron chi connectivity index (χ2n) is 5.14. The summed E-state index contributed by atoms with van der Waals surface area (Å²) < 4.78 is 9.89. The van der Waals surface area contributed by atoms with Crippen LogP contribution in [0.15, 0.2) is 57.7 Å². The minimum absolute atomic E-state index is 0.185. The highest BCUT2D eigenvalue weighted by atomic mass is 35.5. The van der Waals surface area contributed by atoms with E-state index in [2.05, 4.69) is 10.1 Å². The molecule has 25 heavy (non-hydrogen) atoms. The fourth-order valence-corrected chi connectivity index (χ4v) is 2.46. The third kappa shape index (κ3) is 3.54. The zero-order chi connectivity index (χ0) is 18.0. The molecule has 0 spiro atoms. The number of amides is 1. The minimum atomic E-state index is -0.739. The molecule has 2 aromatic carbocycles. The maximum absolute atomic E-state index is 12.2. The Morgan fingerprint density at radius 2 is 1.92 bits per heavy atom. The van der Waals surface area contributed by atoms with Crippen LogP contribution in [0, 0.1) is 0 Å². The Kier molecular flexibility index (Phi) is 4.54. The molecule has 3 rings (SSSR count). The van der Waals surface area contributed by atoms with Gasteiger partial charge in [-0.25, -0.2) is 4.79 Å². The van der Waals surface area contributed by atoms with Gasteiger partial charge in [0.25, 0.3) is 5.91 Å². The number of methoxy groups -OCH3 is 1. The molecule has 0 aliphatic rings. The Labute approximate surface area is 147 Å². The van der Waals surface area contributed by atoms with Crippen LogP contribution in [0.3, 0.4) is 0 Å². The Balaban J connectivity index is 1.94. The van der Waals surface area contributed by atoms with Gasteiger partial charge in [-0.3, -0.25) is 9.59 Å². The van der Waals surface area contributed by atoms with Crippen molar-refractivity contribution in [3.8, 4) is 0 Å². The average molecular weight is 358 g/mol. The number of esters is 1. The van der Waals surface area contributed by atoms with E-state index < -0.39 is 11.4 Å². The highest BCUT2D eigenvalue weighted by Crippen LogP contribution is 2.19. The first-order valence-electron chi connectivity index (χ1n) is 7.21. The second kappa shape index (κ2) is 6.78. The molecular formula is C18H12ClNO5. The lowest BCUT2D eigenvalue weighted by atomic mass is 10.1. The van der Waals surface area contributed by atoms with Gasteiger partial charge < -0.3 is 14.5 Å². The lowest BCUT2D eigenvalue weighted by Gasteiger charge is -2.07. The van der Waals surface area contributed by atoms with E-state index >= 15 is 0 Å². The van der Waals surface area contributed by atoms with Crippen molar-refractivity contribution in [3.05, 3.63) is 75.1 Å². The van der Waals surface area contributed by atoms with Crippen LogP contribution in [0.1, 0.15) is 20.9 Å². The summed E-state index contributed by atoms with van der Waals surface area (Å²) in [4.78, 5) is 35.9. The van der Waals surface area contributed by atoms with Gasteiger partial charge in [0.15, 0.2) is 5.43 Å². The number of halogens is 1. The largest absolute Gasteiger partial charge is 0.463 e. The average Bonchev–Trinajstić information content (AvgIpc) is 2.61. The van der Waals surface area contributed by atoms with E-state index in [1.807, 2.05) is 0 Å². The number of carbonyl (C=O) groups excluding carboxylic acids is 2. The van der Waals surface area contributed by atoms with Gasteiger partial charge in [0, 0.05) is 22.3 Å². The highest BCUT2D eigenvalue weighted by Gasteiger charge is 2.13. The van der Waals surface area contributed by atoms with Crippen LogP contribution < -0.4 is 10.7 Å². The van der Waals surface area contributed by atoms with Gasteiger partial charge in [-0.2, -0.15) is 0 Å². The number of hydrogen-bond acceptors (Lipinski definition) is 5. The van der Waals surface area contributed by atoms with Crippen LogP contribution in [0.25, 0.3) is 11.0 Å². The Morgan fingerprint density at radius 1 is 1.12 bits per heavy atom. The van der Waals surface area contributed by atoms with Gasteiger partial charge >= 0.3 is 5.97 Å². The molecule has 1 N–H and O–H groups in total. The van der Waals surface area contributed by atoms with Crippen molar-refractivity contribution in [1.29, 1.82) is 0 Å². The molecule has 126 valence electrons. The first-order chi connectivity index (χ1) is 12.0. The van der Waals surface area contributed by atoms with Crippen molar-refractivity contribution in [1.82, 2.24) is 0 Å². The number of fused-ring (bicyclic) bond motifs is 1. The molecule has 0 saturated carbocycles. The van der Waals surface area contributed by atoms with Gasteiger partial charge in [0.05, 0.1) is 12.5 Å². The van der Waals surface area contributed by atoms with Gasteiger partial charge in [0.2, 0.25) is 5.76 Å². The Morgan fingerprint density at radius 3 is 2.64 bits per heavy atom. The van der Waals surface area contributed by atoms with Gasteiger partial charge in [-0.1, -0.05) is 17.7 Å². The molecule has 0 aliphatic carbocycles. The second-order valence-corrected chi connectivity index (χ2v) is 5.58. The summed E-state index contributed by atoms with van der Waals surface area (Å²) in [6.45, 7) is 0. The smallest absolute Gasteiger partial charge is 0.374 e. The van der Waals surface area contributed by atoms with Crippen molar-refractivity contribution < 1.29 is 18.7 Å². The molecule has 3 aromatic rings. The van der Waals surface area contributed by atoms with E-state index in [9.17, 15) is 14.4 Å². The van der Waals surface area contributed by atoms with E-state index in [1.54, 1.807) is 24.3 Å². The van der Waals surface area contributed by atoms with Crippen molar-refractivity contribution in [2.75, 3.05) is 12.4 Å². The Bertz CT molecular complexity index is 1040. The number of nitrogens with one attached hydrogen (secondary N) is 1. The zero-order valence-corrected chi connectivity index (χ0v) is 13.8. The van der Waals surface area contributed by atoms with Crippen LogP contribution in [-0.2, 0) is 4.74 Å². The van der Waals surface area contributed by atoms with E-state index in [0.29, 0.717) is 16.3 Å². The van der Waals surface area contributed by atoms with Crippen LogP contribution in [0.2, 0.25) is 5.02 Å². The molecule has 0 fully saturated rings. The molecule has 7 heteroatoms. The van der Waals surface area contributed by atoms with Crippen LogP contribution >= 0.6 is 11.6 Å². The molecule has 0 unspecified atom stereocenters. The number of rotatable bonds is 3. The van der Waals surface area contributed by atoms with Gasteiger partial charge in [0.1, 0.15) is 5.58 Å². The first kappa shape index (κ1) is 16.7. The van der Waals surface area contributed by atoms with Crippen LogP contribution in [0.4, 0.5) is 5.69 Å². The van der Waals surface area contributed by atoms with Crippen molar-refractivity contribution in [2.24, 2.45) is 0 Å². The summed E-state index contributed by atoms with van der Waals surface area (Å²) in [6, 6.07) is 12.1. The number of benzene rings is 2. The predicted octanol–water partition coefficient (Wildman–Crippen LogP) is 3.49. The number of ether oxygens (including phenoxy) is 1. The number of anilines is 1. The SMILES string of the molecule is COC(=O)c1cc(=O)c2cc(NC(=O)c3cccc(Cl)c3)ccc2o1. The number of carbonyl (C=O) groups is 2. The summed E-state index contributed by atoms with van der Waals surface area (Å²) in [7, 11) is 1.20. The topological polar surface area (TPSA) is 85.6 Å². The molecule has 1 amide bonds. The fourth-order valence-electron chi connectivity index (χ4n) is 2.27. The van der Waals surface area contributed by atoms with Gasteiger partial charge in [-0.05, 0) is 36.4 Å². The molecule has 0 saturated heterocycles. The van der Waals surface area contributed by atoms with E-state index in [-0.39, 0.29) is 22.6 Å². The molecule has 0 bridgehead atoms. The molecule has 1 aromatic heterocycles. The summed E-state index contributed by atoms with van der Waals surface area (Å²) >= 11 is 5.87. The third-order valence-corrected chi connectivity index (χ3v) is 3.69. The van der Waals surface area contributed by atoms with Crippen LogP contribution in [0.5, 0.6) is 0 Å². The van der Waals surface area contributed by atoms with E-state index in [4.69, 9.17) is 16.0 Å². The molecular weight excluding hydrogens is 346 g/mol. The first-order valence-corrected chi connectivity index (χ1v) is 7.59. The normalized spacial score (nSPS) is 10.5. The monoisotopic (exact) mass is 357 g/mol. The third-order valence-electron chi connectivity index (χ3n) is 3.46. The lowest BCUT2D eigenvalue weighted by Crippen LogP contribution is -2.12. The standard InChI is InChI=1S/C18H12ClNO5/c1-24-18(23)16-9-14(21)13-8-12(5-6-15(13)25-16)20-17(22)10-3-2-4-11(19)7-10/h2-9H,1H3,(H,20,22). The summed E-state index contributed by atoms with van der Waals surface area (Å²) in [5.74, 6) is -1.29. The zero-order valence-electron chi connectivity index (χ0n) is 13.0. The van der Waals surface area contributed by atoms with Crippen molar-refractivity contribution in [3.63, 3.8) is 0 Å². The molecule has 0 aliphatic heterocycles. The number of hydrogen-bond donors (Lipinski definition) is 1. The summed E-state index contributed by atoms with van der Waals surface area (Å²) in [5, 5.41) is 3.36. The highest BCUT2D eigenvalue weighted by molar-refractivity contribution is 6.31. The quantitative estimate of drug-likeness (QED) is 0.725. The predicted molar refractivity (Wildman–Crippen MR) is 93.2 cm³/mol. The maximum Gasteiger partial charge on any atom is 0.374 e. The summed E-state index contributed by atoms with van der Waals surface area (Å²) in [6.07, 6.45) is 0. The van der Waals surface area contributed by atoms with E-state index in [0.717, 1.165) is 6.07 Å². The minimum Gasteiger partial charge on any atom is -0.463 e. The summed E-state index contributed by atoms with van der Waals surface area (Å²) in [5.41, 5.74) is 0.602. The molecule has 6 nitrogen and oxygen atoms in total. The van der Waals surface area contributed by atoms with Crippen molar-refractivity contribution in [2.45, 2.75) is 0 Å². The van der Waals surface area contributed by atoms with Gasteiger partial charge in [-0.15, -0.1) is 0 Å². The fraction of sp³-hybridized carbons (Fsp3) is 0.0556.